The van der Waals surface area contributed by atoms with Crippen molar-refractivity contribution in [1.82, 2.24) is 20.1 Å². The van der Waals surface area contributed by atoms with Crippen LogP contribution in [0.15, 0.2) is 48.1 Å². The predicted octanol–water partition coefficient (Wildman–Crippen LogP) is 6.39. The number of hydrogen-bond acceptors (Lipinski definition) is 5. The van der Waals surface area contributed by atoms with Crippen molar-refractivity contribution in [2.24, 2.45) is 0 Å². The van der Waals surface area contributed by atoms with Gasteiger partial charge in [-0.15, -0.1) is 16.8 Å². The Balaban J connectivity index is 1.64. The van der Waals surface area contributed by atoms with E-state index in [-0.39, 0.29) is 44.9 Å². The largest absolute Gasteiger partial charge is 0.345 e. The Morgan fingerprint density at radius 3 is 2.35 bits per heavy atom. The number of allylic oxidation sites excluding steroid dienone is 1. The third-order valence-electron chi connectivity index (χ3n) is 4.30. The molecule has 3 rings (SSSR count). The maximum atomic E-state index is 12.4. The Hall–Kier alpha value is -1.94. The fourth-order valence-electron chi connectivity index (χ4n) is 2.73. The molecular weight excluding hydrogens is 564 g/mol. The minimum atomic E-state index is -0.350. The molecule has 0 unspecified atom stereocenters. The highest BCUT2D eigenvalue weighted by molar-refractivity contribution is 7.99. The number of halogens is 5. The lowest BCUT2D eigenvalue weighted by Gasteiger charge is -2.11. The highest BCUT2D eigenvalue weighted by Crippen LogP contribution is 2.34. The lowest BCUT2D eigenvalue weighted by atomic mass is 10.2. The summed E-state index contributed by atoms with van der Waals surface area (Å²) in [5, 5.41) is 15.6. The molecule has 1 aromatic heterocycles. The Labute approximate surface area is 224 Å². The van der Waals surface area contributed by atoms with Gasteiger partial charge in [0.25, 0.3) is 5.91 Å². The number of carbonyl (C=O) groups excluding carboxylic acids is 2. The first-order valence-electron chi connectivity index (χ1n) is 9.53. The van der Waals surface area contributed by atoms with Crippen molar-refractivity contribution >= 4 is 87.3 Å². The number of amides is 2. The van der Waals surface area contributed by atoms with Crippen molar-refractivity contribution in [2.45, 2.75) is 18.2 Å². The molecule has 0 fully saturated rings. The van der Waals surface area contributed by atoms with Crippen LogP contribution in [0.5, 0.6) is 0 Å². The second-order valence-electron chi connectivity index (χ2n) is 6.69. The van der Waals surface area contributed by atoms with E-state index in [0.29, 0.717) is 33.1 Å². The van der Waals surface area contributed by atoms with Gasteiger partial charge in [0.15, 0.2) is 11.0 Å². The van der Waals surface area contributed by atoms with Gasteiger partial charge in [-0.05, 0) is 30.3 Å². The summed E-state index contributed by atoms with van der Waals surface area (Å²) in [7, 11) is 0. The maximum absolute atomic E-state index is 12.4. The molecule has 34 heavy (non-hydrogen) atoms. The number of anilines is 1. The fraction of sp³-hybridized carbons (Fsp3) is 0.143. The summed E-state index contributed by atoms with van der Waals surface area (Å²) < 4.78 is 1.74. The molecule has 13 heteroatoms. The van der Waals surface area contributed by atoms with Crippen LogP contribution in [0.2, 0.25) is 25.1 Å². The zero-order valence-corrected chi connectivity index (χ0v) is 21.8. The van der Waals surface area contributed by atoms with Crippen LogP contribution in [-0.2, 0) is 17.9 Å². The topological polar surface area (TPSA) is 88.9 Å². The van der Waals surface area contributed by atoms with Gasteiger partial charge in [0.1, 0.15) is 0 Å². The molecule has 3 aromatic rings. The smallest absolute Gasteiger partial charge is 0.251 e. The number of nitrogens with zero attached hydrogens (tertiary/aromatic N) is 3. The molecule has 0 saturated carbocycles. The third kappa shape index (κ3) is 6.81. The van der Waals surface area contributed by atoms with E-state index in [1.54, 1.807) is 22.8 Å². The second kappa shape index (κ2) is 12.2. The van der Waals surface area contributed by atoms with Crippen LogP contribution < -0.4 is 10.6 Å². The number of thioether (sulfide) groups is 1. The summed E-state index contributed by atoms with van der Waals surface area (Å²) in [6.07, 6.45) is 1.66. The molecular formula is C21H16Cl5N5O2S. The second-order valence-corrected chi connectivity index (χ2v) is 9.70. The Morgan fingerprint density at radius 1 is 1.00 bits per heavy atom. The lowest BCUT2D eigenvalue weighted by Crippen LogP contribution is -2.25. The zero-order valence-electron chi connectivity index (χ0n) is 17.2. The van der Waals surface area contributed by atoms with Crippen LogP contribution in [0.25, 0.3) is 0 Å². The molecule has 0 aliphatic carbocycles. The SMILES string of the molecule is C=CCn1c(CNC(=O)c2ccc(Cl)c(Cl)c2)nnc1SCC(=O)Nc1c(Cl)cc(Cl)cc1Cl. The van der Waals surface area contributed by atoms with E-state index < -0.39 is 0 Å². The van der Waals surface area contributed by atoms with Crippen molar-refractivity contribution in [1.29, 1.82) is 0 Å². The number of aromatic nitrogens is 3. The highest BCUT2D eigenvalue weighted by atomic mass is 35.5. The molecule has 178 valence electrons. The first-order valence-corrected chi connectivity index (χ1v) is 12.4. The van der Waals surface area contributed by atoms with E-state index in [1.165, 1.54) is 18.2 Å². The summed E-state index contributed by atoms with van der Waals surface area (Å²) in [5.41, 5.74) is 0.631. The van der Waals surface area contributed by atoms with Crippen LogP contribution in [0.1, 0.15) is 16.2 Å². The molecule has 0 aliphatic heterocycles. The van der Waals surface area contributed by atoms with Crippen molar-refractivity contribution in [3.63, 3.8) is 0 Å². The summed E-state index contributed by atoms with van der Waals surface area (Å²) in [5.74, 6) is -0.198. The minimum Gasteiger partial charge on any atom is -0.345 e. The van der Waals surface area contributed by atoms with Gasteiger partial charge in [-0.2, -0.15) is 0 Å². The standard InChI is InChI=1S/C21H16Cl5N5O2S/c1-2-5-31-17(9-27-20(33)11-3-4-13(23)14(24)6-11)29-30-21(31)34-10-18(32)28-19-15(25)7-12(22)8-16(19)26/h2-4,6-8H,1,5,9-10H2,(H,27,33)(H,28,32). The number of rotatable bonds is 9. The van der Waals surface area contributed by atoms with Gasteiger partial charge in [0, 0.05) is 17.1 Å². The quantitative estimate of drug-likeness (QED) is 0.227. The number of nitrogens with one attached hydrogen (secondary N) is 2. The van der Waals surface area contributed by atoms with Crippen LogP contribution in [0.3, 0.4) is 0 Å². The number of benzene rings is 2. The van der Waals surface area contributed by atoms with Crippen molar-refractivity contribution in [3.8, 4) is 0 Å². The summed E-state index contributed by atoms with van der Waals surface area (Å²) >= 11 is 31.1. The molecule has 2 aromatic carbocycles. The molecule has 0 atom stereocenters. The van der Waals surface area contributed by atoms with E-state index in [1.807, 2.05) is 0 Å². The normalized spacial score (nSPS) is 10.7. The number of hydrogen-bond donors (Lipinski definition) is 2. The Morgan fingerprint density at radius 2 is 1.71 bits per heavy atom. The van der Waals surface area contributed by atoms with E-state index >= 15 is 0 Å². The third-order valence-corrected chi connectivity index (χ3v) is 6.82. The van der Waals surface area contributed by atoms with Gasteiger partial charge in [0.05, 0.1) is 38.1 Å². The van der Waals surface area contributed by atoms with E-state index in [4.69, 9.17) is 58.0 Å². The molecule has 0 saturated heterocycles. The Kier molecular flexibility index (Phi) is 9.53. The average molecular weight is 580 g/mol. The van der Waals surface area contributed by atoms with E-state index in [2.05, 4.69) is 27.4 Å². The van der Waals surface area contributed by atoms with Gasteiger partial charge < -0.3 is 15.2 Å². The monoisotopic (exact) mass is 577 g/mol. The van der Waals surface area contributed by atoms with Crippen molar-refractivity contribution < 1.29 is 9.59 Å². The minimum absolute atomic E-state index is 0.0141. The molecule has 0 bridgehead atoms. The van der Waals surface area contributed by atoms with Gasteiger partial charge in [-0.3, -0.25) is 9.59 Å². The molecule has 7 nitrogen and oxygen atoms in total. The fourth-order valence-corrected chi connectivity index (χ4v) is 4.71. The van der Waals surface area contributed by atoms with E-state index in [9.17, 15) is 9.59 Å². The van der Waals surface area contributed by atoms with Crippen molar-refractivity contribution in [2.75, 3.05) is 11.1 Å². The summed E-state index contributed by atoms with van der Waals surface area (Å²) in [6.45, 7) is 4.22. The van der Waals surface area contributed by atoms with Crippen LogP contribution in [0, 0.1) is 0 Å². The first kappa shape index (κ1) is 26.7. The molecule has 1 heterocycles. The van der Waals surface area contributed by atoms with Gasteiger partial charge >= 0.3 is 0 Å². The Bertz CT molecular complexity index is 1230. The summed E-state index contributed by atoms with van der Waals surface area (Å²) in [6, 6.07) is 7.56. The molecule has 2 N–H and O–H groups in total. The van der Waals surface area contributed by atoms with Gasteiger partial charge in [0.2, 0.25) is 5.91 Å². The van der Waals surface area contributed by atoms with Crippen LogP contribution in [0.4, 0.5) is 5.69 Å². The lowest BCUT2D eigenvalue weighted by molar-refractivity contribution is -0.113. The highest BCUT2D eigenvalue weighted by Gasteiger charge is 2.17. The summed E-state index contributed by atoms with van der Waals surface area (Å²) in [4.78, 5) is 24.9. The zero-order chi connectivity index (χ0) is 24.8. The van der Waals surface area contributed by atoms with Crippen LogP contribution in [-0.4, -0.2) is 32.3 Å². The first-order chi connectivity index (χ1) is 16.2. The van der Waals surface area contributed by atoms with Gasteiger partial charge in [-0.1, -0.05) is 75.8 Å². The molecule has 0 aliphatic rings. The maximum Gasteiger partial charge on any atom is 0.251 e. The van der Waals surface area contributed by atoms with Crippen LogP contribution >= 0.6 is 69.8 Å². The van der Waals surface area contributed by atoms with Gasteiger partial charge in [-0.25, -0.2) is 0 Å². The predicted molar refractivity (Wildman–Crippen MR) is 139 cm³/mol. The van der Waals surface area contributed by atoms with E-state index in [0.717, 1.165) is 11.8 Å². The molecule has 2 amide bonds. The molecule has 0 radical (unpaired) electrons. The average Bonchev–Trinajstić information content (AvgIpc) is 3.16. The number of carbonyl (C=O) groups is 2. The molecule has 0 spiro atoms. The van der Waals surface area contributed by atoms with Crippen molar-refractivity contribution in [3.05, 3.63) is 79.5 Å².